The number of amides is 1. The third-order valence-electron chi connectivity index (χ3n) is 3.53. The number of aliphatic hydroxyl groups is 1. The number of hydrogen-bond donors (Lipinski definition) is 2. The van der Waals surface area contributed by atoms with Crippen LogP contribution >= 0.6 is 0 Å². The van der Waals surface area contributed by atoms with Gasteiger partial charge in [-0.3, -0.25) is 9.36 Å². The van der Waals surface area contributed by atoms with E-state index in [9.17, 15) is 9.59 Å². The van der Waals surface area contributed by atoms with E-state index >= 15 is 0 Å². The summed E-state index contributed by atoms with van der Waals surface area (Å²) >= 11 is 0. The average molecular weight is 282 g/mol. The van der Waals surface area contributed by atoms with Crippen LogP contribution in [0.15, 0.2) is 4.79 Å². The number of nitrogens with one attached hydrogen (secondary N) is 1. The molecule has 0 aromatic carbocycles. The maximum Gasteiger partial charge on any atom is 0.346 e. The van der Waals surface area contributed by atoms with E-state index in [1.807, 2.05) is 6.92 Å². The highest BCUT2D eigenvalue weighted by molar-refractivity contribution is 5.75. The molecule has 20 heavy (non-hydrogen) atoms. The molecule has 2 heterocycles. The zero-order valence-corrected chi connectivity index (χ0v) is 11.8. The summed E-state index contributed by atoms with van der Waals surface area (Å²) in [5.41, 5.74) is -0.202. The first-order chi connectivity index (χ1) is 9.61. The zero-order valence-electron chi connectivity index (χ0n) is 11.8. The number of aryl methyl sites for hydroxylation is 1. The molecule has 1 amide bonds. The Bertz CT molecular complexity index is 520. The minimum Gasteiger partial charge on any atom is -0.396 e. The molecule has 1 atom stereocenters. The SMILES string of the molecule is CC(CO)CNC(=O)Cn1nc2n(c1=O)CCCCC2. The Kier molecular flexibility index (Phi) is 4.94. The third kappa shape index (κ3) is 3.47. The number of rotatable bonds is 5. The fourth-order valence-electron chi connectivity index (χ4n) is 2.27. The van der Waals surface area contributed by atoms with Crippen molar-refractivity contribution in [3.05, 3.63) is 16.3 Å². The number of carbonyl (C=O) groups excluding carboxylic acids is 1. The molecular weight excluding hydrogens is 260 g/mol. The number of fused-ring (bicyclic) bond motifs is 1. The molecule has 0 spiro atoms. The lowest BCUT2D eigenvalue weighted by atomic mass is 10.2. The standard InChI is InChI=1S/C13H22N4O3/c1-10(9-18)7-14-12(19)8-17-13(20)16-6-4-2-3-5-11(16)15-17/h10,18H,2-9H2,1H3,(H,14,19). The Morgan fingerprint density at radius 2 is 2.25 bits per heavy atom. The predicted molar refractivity (Wildman–Crippen MR) is 73.3 cm³/mol. The molecule has 1 aromatic rings. The van der Waals surface area contributed by atoms with Gasteiger partial charge in [-0.1, -0.05) is 13.3 Å². The summed E-state index contributed by atoms with van der Waals surface area (Å²) in [7, 11) is 0. The van der Waals surface area contributed by atoms with Crippen molar-refractivity contribution in [1.82, 2.24) is 19.7 Å². The van der Waals surface area contributed by atoms with Crippen molar-refractivity contribution in [2.75, 3.05) is 13.2 Å². The van der Waals surface area contributed by atoms with Crippen LogP contribution in [-0.4, -0.2) is 38.5 Å². The molecular formula is C13H22N4O3. The lowest BCUT2D eigenvalue weighted by Crippen LogP contribution is -2.36. The molecule has 7 heteroatoms. The van der Waals surface area contributed by atoms with Crippen molar-refractivity contribution >= 4 is 5.91 Å². The summed E-state index contributed by atoms with van der Waals surface area (Å²) in [4.78, 5) is 23.9. The minimum absolute atomic E-state index is 0.00869. The van der Waals surface area contributed by atoms with Gasteiger partial charge < -0.3 is 10.4 Å². The maximum absolute atomic E-state index is 12.1. The van der Waals surface area contributed by atoms with Crippen molar-refractivity contribution < 1.29 is 9.90 Å². The molecule has 0 aliphatic carbocycles. The zero-order chi connectivity index (χ0) is 14.5. The average Bonchev–Trinajstić information content (AvgIpc) is 2.63. The maximum atomic E-state index is 12.1. The van der Waals surface area contributed by atoms with Gasteiger partial charge in [0.2, 0.25) is 5.91 Å². The number of carbonyl (C=O) groups is 1. The lowest BCUT2D eigenvalue weighted by molar-refractivity contribution is -0.122. The van der Waals surface area contributed by atoms with Gasteiger partial charge in [0.1, 0.15) is 12.4 Å². The van der Waals surface area contributed by atoms with Crippen LogP contribution < -0.4 is 11.0 Å². The Labute approximate surface area is 117 Å². The van der Waals surface area contributed by atoms with E-state index in [-0.39, 0.29) is 30.7 Å². The van der Waals surface area contributed by atoms with Crippen molar-refractivity contribution in [2.45, 2.75) is 45.7 Å². The smallest absolute Gasteiger partial charge is 0.346 e. The van der Waals surface area contributed by atoms with Crippen LogP contribution in [0, 0.1) is 5.92 Å². The van der Waals surface area contributed by atoms with E-state index in [0.717, 1.165) is 31.5 Å². The van der Waals surface area contributed by atoms with Crippen molar-refractivity contribution in [1.29, 1.82) is 0 Å². The van der Waals surface area contributed by atoms with E-state index < -0.39 is 0 Å². The van der Waals surface area contributed by atoms with Gasteiger partial charge in [-0.25, -0.2) is 9.48 Å². The molecule has 0 fully saturated rings. The Hall–Kier alpha value is -1.63. The first kappa shape index (κ1) is 14.8. The highest BCUT2D eigenvalue weighted by Gasteiger charge is 2.17. The van der Waals surface area contributed by atoms with Crippen LogP contribution in [0.25, 0.3) is 0 Å². The van der Waals surface area contributed by atoms with Crippen LogP contribution in [-0.2, 0) is 24.3 Å². The topological polar surface area (TPSA) is 89.2 Å². The lowest BCUT2D eigenvalue weighted by Gasteiger charge is -2.09. The van der Waals surface area contributed by atoms with Crippen LogP contribution in [0.3, 0.4) is 0 Å². The second-order valence-corrected chi connectivity index (χ2v) is 5.41. The molecule has 7 nitrogen and oxygen atoms in total. The molecule has 0 radical (unpaired) electrons. The number of aromatic nitrogens is 3. The van der Waals surface area contributed by atoms with Crippen LogP contribution in [0.4, 0.5) is 0 Å². The highest BCUT2D eigenvalue weighted by Crippen LogP contribution is 2.10. The van der Waals surface area contributed by atoms with Crippen molar-refractivity contribution in [3.63, 3.8) is 0 Å². The van der Waals surface area contributed by atoms with Gasteiger partial charge in [-0.15, -0.1) is 0 Å². The normalized spacial score (nSPS) is 16.3. The third-order valence-corrected chi connectivity index (χ3v) is 3.53. The molecule has 1 aromatic heterocycles. The van der Waals surface area contributed by atoms with Gasteiger partial charge in [-0.2, -0.15) is 5.10 Å². The van der Waals surface area contributed by atoms with Gasteiger partial charge in [0.25, 0.3) is 0 Å². The summed E-state index contributed by atoms with van der Waals surface area (Å²) in [5.74, 6) is 0.541. The second kappa shape index (κ2) is 6.69. The van der Waals surface area contributed by atoms with E-state index in [2.05, 4.69) is 10.4 Å². The number of hydrogen-bond acceptors (Lipinski definition) is 4. The summed E-state index contributed by atoms with van der Waals surface area (Å²) in [6.07, 6.45) is 3.93. The van der Waals surface area contributed by atoms with Gasteiger partial charge in [0, 0.05) is 26.1 Å². The van der Waals surface area contributed by atoms with Crippen LogP contribution in [0.5, 0.6) is 0 Å². The van der Waals surface area contributed by atoms with Crippen LogP contribution in [0.2, 0.25) is 0 Å². The molecule has 112 valence electrons. The number of aliphatic hydroxyl groups excluding tert-OH is 1. The fraction of sp³-hybridized carbons (Fsp3) is 0.769. The van der Waals surface area contributed by atoms with E-state index in [0.29, 0.717) is 13.1 Å². The molecule has 1 aliphatic heterocycles. The van der Waals surface area contributed by atoms with E-state index in [1.165, 1.54) is 4.68 Å². The second-order valence-electron chi connectivity index (χ2n) is 5.41. The molecule has 0 saturated carbocycles. The minimum atomic E-state index is -0.249. The Balaban J connectivity index is 2.00. The quantitative estimate of drug-likeness (QED) is 0.763. The van der Waals surface area contributed by atoms with Crippen molar-refractivity contribution in [2.24, 2.45) is 5.92 Å². The van der Waals surface area contributed by atoms with E-state index in [4.69, 9.17) is 5.11 Å². The molecule has 0 saturated heterocycles. The monoisotopic (exact) mass is 282 g/mol. The molecule has 0 bridgehead atoms. The summed E-state index contributed by atoms with van der Waals surface area (Å²) < 4.78 is 2.91. The summed E-state index contributed by atoms with van der Waals surface area (Å²) in [6.45, 7) is 2.90. The first-order valence-corrected chi connectivity index (χ1v) is 7.16. The Morgan fingerprint density at radius 3 is 3.00 bits per heavy atom. The molecule has 1 aliphatic rings. The van der Waals surface area contributed by atoms with Crippen LogP contribution in [0.1, 0.15) is 32.0 Å². The largest absolute Gasteiger partial charge is 0.396 e. The van der Waals surface area contributed by atoms with Gasteiger partial charge in [0.05, 0.1) is 0 Å². The fourth-order valence-corrected chi connectivity index (χ4v) is 2.27. The van der Waals surface area contributed by atoms with Gasteiger partial charge >= 0.3 is 5.69 Å². The van der Waals surface area contributed by atoms with Gasteiger partial charge in [-0.05, 0) is 18.8 Å². The Morgan fingerprint density at radius 1 is 1.45 bits per heavy atom. The highest BCUT2D eigenvalue weighted by atomic mass is 16.3. The first-order valence-electron chi connectivity index (χ1n) is 7.16. The molecule has 2 N–H and O–H groups in total. The van der Waals surface area contributed by atoms with E-state index in [1.54, 1.807) is 4.57 Å². The molecule has 2 rings (SSSR count). The molecule has 1 unspecified atom stereocenters. The number of nitrogens with zero attached hydrogens (tertiary/aromatic N) is 3. The van der Waals surface area contributed by atoms with Gasteiger partial charge in [0.15, 0.2) is 0 Å². The predicted octanol–water partition coefficient (Wildman–Crippen LogP) is -0.484. The summed E-state index contributed by atoms with van der Waals surface area (Å²) in [6, 6.07) is 0. The van der Waals surface area contributed by atoms with Crippen molar-refractivity contribution in [3.8, 4) is 0 Å². The summed E-state index contributed by atoms with van der Waals surface area (Å²) in [5, 5.41) is 15.8.